The van der Waals surface area contributed by atoms with E-state index < -0.39 is 5.97 Å². The molecule has 0 aliphatic heterocycles. The Morgan fingerprint density at radius 2 is 2.45 bits per heavy atom. The highest BCUT2D eigenvalue weighted by Gasteiger charge is 2.21. The largest absolute Gasteiger partial charge is 0.481 e. The second kappa shape index (κ2) is 3.56. The van der Waals surface area contributed by atoms with Gasteiger partial charge in [0.25, 0.3) is 0 Å². The molecule has 0 saturated carbocycles. The summed E-state index contributed by atoms with van der Waals surface area (Å²) in [6.45, 7) is 1.78. The molecule has 0 aromatic rings. The molecule has 1 aliphatic rings. The van der Waals surface area contributed by atoms with E-state index in [-0.39, 0.29) is 11.8 Å². The number of allylic oxidation sites excluding steroid dienone is 2. The Morgan fingerprint density at radius 3 is 2.91 bits per heavy atom. The number of aliphatic carboxylic acids is 1. The van der Waals surface area contributed by atoms with Crippen molar-refractivity contribution in [1.29, 1.82) is 0 Å². The minimum atomic E-state index is -0.679. The van der Waals surface area contributed by atoms with Crippen molar-refractivity contribution in [2.75, 3.05) is 0 Å². The average Bonchev–Trinajstić information content (AvgIpc) is 2.05. The minimum Gasteiger partial charge on any atom is -0.481 e. The van der Waals surface area contributed by atoms with Gasteiger partial charge in [0.2, 0.25) is 0 Å². The van der Waals surface area contributed by atoms with Crippen LogP contribution in [0, 0.1) is 11.8 Å². The molecule has 11 heavy (non-hydrogen) atoms. The molecule has 0 saturated heterocycles. The molecule has 2 nitrogen and oxygen atoms in total. The van der Waals surface area contributed by atoms with Gasteiger partial charge < -0.3 is 5.11 Å². The van der Waals surface area contributed by atoms with Crippen molar-refractivity contribution in [3.63, 3.8) is 0 Å². The van der Waals surface area contributed by atoms with Crippen LogP contribution in [0.5, 0.6) is 0 Å². The Bertz CT molecular complexity index is 172. The van der Waals surface area contributed by atoms with Gasteiger partial charge in [-0.15, -0.1) is 0 Å². The zero-order valence-electron chi connectivity index (χ0n) is 6.79. The molecule has 62 valence electrons. The highest BCUT2D eigenvalue weighted by molar-refractivity contribution is 5.70. The van der Waals surface area contributed by atoms with Crippen molar-refractivity contribution < 1.29 is 9.90 Å². The molecule has 0 fully saturated rings. The predicted octanol–water partition coefficient (Wildman–Crippen LogP) is 2.06. The van der Waals surface area contributed by atoms with Gasteiger partial charge in [0.05, 0.1) is 5.92 Å². The summed E-state index contributed by atoms with van der Waals surface area (Å²) in [5, 5.41) is 8.70. The first-order valence-corrected chi connectivity index (χ1v) is 4.11. The Balaban J connectivity index is 2.52. The van der Waals surface area contributed by atoms with Gasteiger partial charge in [0, 0.05) is 0 Å². The first-order chi connectivity index (χ1) is 5.22. The molecule has 0 aromatic heterocycles. The van der Waals surface area contributed by atoms with Crippen LogP contribution in [0.4, 0.5) is 0 Å². The fourth-order valence-electron chi connectivity index (χ4n) is 1.44. The van der Waals surface area contributed by atoms with E-state index in [2.05, 4.69) is 6.08 Å². The van der Waals surface area contributed by atoms with Crippen LogP contribution in [0.25, 0.3) is 0 Å². The van der Waals surface area contributed by atoms with Gasteiger partial charge in [-0.3, -0.25) is 4.79 Å². The van der Waals surface area contributed by atoms with Crippen LogP contribution < -0.4 is 0 Å². The topological polar surface area (TPSA) is 37.3 Å². The van der Waals surface area contributed by atoms with Gasteiger partial charge >= 0.3 is 5.97 Å². The van der Waals surface area contributed by atoms with E-state index in [4.69, 9.17) is 5.11 Å². The van der Waals surface area contributed by atoms with Crippen LogP contribution in [0.15, 0.2) is 12.2 Å². The van der Waals surface area contributed by atoms with Crippen LogP contribution in [0.3, 0.4) is 0 Å². The summed E-state index contributed by atoms with van der Waals surface area (Å²) in [5.74, 6) is -0.630. The molecule has 0 amide bonds. The molecule has 2 heteroatoms. The van der Waals surface area contributed by atoms with E-state index in [0.29, 0.717) is 0 Å². The van der Waals surface area contributed by atoms with Crippen LogP contribution in [-0.2, 0) is 4.79 Å². The highest BCUT2D eigenvalue weighted by atomic mass is 16.4. The van der Waals surface area contributed by atoms with Gasteiger partial charge in [0.1, 0.15) is 0 Å². The van der Waals surface area contributed by atoms with E-state index >= 15 is 0 Å². The Morgan fingerprint density at radius 1 is 1.73 bits per heavy atom. The number of rotatable bonds is 2. The Labute approximate surface area is 66.9 Å². The van der Waals surface area contributed by atoms with Crippen molar-refractivity contribution in [3.8, 4) is 0 Å². The van der Waals surface area contributed by atoms with E-state index in [1.54, 1.807) is 6.92 Å². The zero-order valence-corrected chi connectivity index (χ0v) is 6.79. The Kier molecular flexibility index (Phi) is 2.69. The van der Waals surface area contributed by atoms with Crippen molar-refractivity contribution in [2.45, 2.75) is 26.2 Å². The molecule has 2 atom stereocenters. The zero-order chi connectivity index (χ0) is 8.27. The summed E-state index contributed by atoms with van der Waals surface area (Å²) in [7, 11) is 0. The van der Waals surface area contributed by atoms with Crippen LogP contribution in [-0.4, -0.2) is 11.1 Å². The molecule has 2 unspecified atom stereocenters. The fraction of sp³-hybridized carbons (Fsp3) is 0.667. The maximum atomic E-state index is 10.6. The van der Waals surface area contributed by atoms with E-state index in [9.17, 15) is 4.79 Å². The van der Waals surface area contributed by atoms with E-state index in [1.165, 1.54) is 0 Å². The SMILES string of the molecule is CC(C(=O)O)C1C=CCCC1. The first-order valence-electron chi connectivity index (χ1n) is 4.11. The van der Waals surface area contributed by atoms with Gasteiger partial charge in [-0.1, -0.05) is 19.1 Å². The standard InChI is InChI=1S/C9H14O2/c1-7(9(10)11)8-5-3-2-4-6-8/h3,5,7-8H,2,4,6H2,1H3,(H,10,11). The summed E-state index contributed by atoms with van der Waals surface area (Å²) in [6, 6.07) is 0. The van der Waals surface area contributed by atoms with Crippen molar-refractivity contribution in [3.05, 3.63) is 12.2 Å². The lowest BCUT2D eigenvalue weighted by Gasteiger charge is -2.19. The van der Waals surface area contributed by atoms with Gasteiger partial charge in [-0.2, -0.15) is 0 Å². The Hall–Kier alpha value is -0.790. The number of hydrogen-bond donors (Lipinski definition) is 1. The molecular weight excluding hydrogens is 140 g/mol. The second-order valence-corrected chi connectivity index (χ2v) is 3.15. The summed E-state index contributed by atoms with van der Waals surface area (Å²) < 4.78 is 0. The monoisotopic (exact) mass is 154 g/mol. The molecule has 0 heterocycles. The number of carboxylic acid groups (broad SMARTS) is 1. The number of carboxylic acids is 1. The van der Waals surface area contributed by atoms with Crippen LogP contribution >= 0.6 is 0 Å². The first kappa shape index (κ1) is 8.31. The average molecular weight is 154 g/mol. The van der Waals surface area contributed by atoms with E-state index in [0.717, 1.165) is 19.3 Å². The summed E-state index contributed by atoms with van der Waals surface area (Å²) in [5.41, 5.74) is 0. The molecule has 0 spiro atoms. The third kappa shape index (κ3) is 2.07. The lowest BCUT2D eigenvalue weighted by Crippen LogP contribution is -2.20. The molecule has 1 N–H and O–H groups in total. The van der Waals surface area contributed by atoms with E-state index in [1.807, 2.05) is 6.08 Å². The third-order valence-electron chi connectivity index (χ3n) is 2.32. The quantitative estimate of drug-likeness (QED) is 0.618. The highest BCUT2D eigenvalue weighted by Crippen LogP contribution is 2.24. The minimum absolute atomic E-state index is 0.216. The lowest BCUT2D eigenvalue weighted by atomic mass is 9.86. The van der Waals surface area contributed by atoms with Crippen molar-refractivity contribution in [1.82, 2.24) is 0 Å². The van der Waals surface area contributed by atoms with Crippen LogP contribution in [0.1, 0.15) is 26.2 Å². The molecular formula is C9H14O2. The summed E-state index contributed by atoms with van der Waals surface area (Å²) >= 11 is 0. The lowest BCUT2D eigenvalue weighted by molar-refractivity contribution is -0.142. The molecule has 0 bridgehead atoms. The fourth-order valence-corrected chi connectivity index (χ4v) is 1.44. The molecule has 1 rings (SSSR count). The summed E-state index contributed by atoms with van der Waals surface area (Å²) in [4.78, 5) is 10.6. The van der Waals surface area contributed by atoms with Gasteiger partial charge in [-0.05, 0) is 25.2 Å². The van der Waals surface area contributed by atoms with Crippen molar-refractivity contribution in [2.24, 2.45) is 11.8 Å². The number of carbonyl (C=O) groups is 1. The van der Waals surface area contributed by atoms with Gasteiger partial charge in [0.15, 0.2) is 0 Å². The van der Waals surface area contributed by atoms with Crippen LogP contribution in [0.2, 0.25) is 0 Å². The number of hydrogen-bond acceptors (Lipinski definition) is 1. The van der Waals surface area contributed by atoms with Gasteiger partial charge in [-0.25, -0.2) is 0 Å². The molecule has 0 radical (unpaired) electrons. The normalized spacial score (nSPS) is 26.5. The molecule has 1 aliphatic carbocycles. The smallest absolute Gasteiger partial charge is 0.306 e. The predicted molar refractivity (Wildman–Crippen MR) is 43.3 cm³/mol. The van der Waals surface area contributed by atoms with Crippen molar-refractivity contribution >= 4 is 5.97 Å². The molecule has 0 aromatic carbocycles. The third-order valence-corrected chi connectivity index (χ3v) is 2.32. The maximum Gasteiger partial charge on any atom is 0.306 e. The second-order valence-electron chi connectivity index (χ2n) is 3.15. The maximum absolute atomic E-state index is 10.6. The summed E-state index contributed by atoms with van der Waals surface area (Å²) in [6.07, 6.45) is 7.42.